The van der Waals surface area contributed by atoms with Crippen LogP contribution in [0.25, 0.3) is 16.5 Å². The summed E-state index contributed by atoms with van der Waals surface area (Å²) in [7, 11) is 1.19. The van der Waals surface area contributed by atoms with Crippen LogP contribution >= 0.6 is 0 Å². The van der Waals surface area contributed by atoms with Gasteiger partial charge in [-0.1, -0.05) is 17.2 Å². The fourth-order valence-corrected chi connectivity index (χ4v) is 1.24. The summed E-state index contributed by atoms with van der Waals surface area (Å²) in [6.45, 7) is 1.30. The van der Waals surface area contributed by atoms with E-state index in [-0.39, 0.29) is 5.70 Å². The van der Waals surface area contributed by atoms with Crippen LogP contribution in [0, 0.1) is 0 Å². The third-order valence-corrected chi connectivity index (χ3v) is 1.99. The van der Waals surface area contributed by atoms with Crippen molar-refractivity contribution in [1.29, 1.82) is 0 Å². The number of carbonyl (C=O) groups is 2. The lowest BCUT2D eigenvalue weighted by Gasteiger charge is -2.02. The molecule has 0 N–H and O–H groups in total. The largest absolute Gasteiger partial charge is 0.466 e. The first kappa shape index (κ1) is 14.3. The standard InChI is InChI=1S/C12H11N3O4/c1-8(16)19-10-5-3-9(4-6-10)7-11(14-15-13)12(17)18-2/h3-7H,1-2H3/b11-7-. The Kier molecular flexibility index (Phi) is 5.13. The van der Waals surface area contributed by atoms with E-state index in [1.54, 1.807) is 24.3 Å². The van der Waals surface area contributed by atoms with Crippen LogP contribution < -0.4 is 4.74 Å². The van der Waals surface area contributed by atoms with E-state index in [9.17, 15) is 9.59 Å². The van der Waals surface area contributed by atoms with Crippen molar-refractivity contribution in [2.45, 2.75) is 6.92 Å². The molecular formula is C12H11N3O4. The first-order valence-corrected chi connectivity index (χ1v) is 5.20. The second kappa shape index (κ2) is 6.83. The Hall–Kier alpha value is -2.79. The molecule has 0 atom stereocenters. The molecule has 0 saturated carbocycles. The fourth-order valence-electron chi connectivity index (χ4n) is 1.24. The molecule has 0 aliphatic carbocycles. The number of benzene rings is 1. The molecule has 0 bridgehead atoms. The van der Waals surface area contributed by atoms with Crippen molar-refractivity contribution in [1.82, 2.24) is 0 Å². The number of ether oxygens (including phenoxy) is 2. The highest BCUT2D eigenvalue weighted by Crippen LogP contribution is 2.15. The van der Waals surface area contributed by atoms with E-state index in [1.807, 2.05) is 0 Å². The topological polar surface area (TPSA) is 101 Å². The van der Waals surface area contributed by atoms with Crippen LogP contribution in [0.1, 0.15) is 12.5 Å². The van der Waals surface area contributed by atoms with Gasteiger partial charge in [0.15, 0.2) is 0 Å². The van der Waals surface area contributed by atoms with Crippen molar-refractivity contribution in [2.75, 3.05) is 7.11 Å². The number of esters is 2. The van der Waals surface area contributed by atoms with Gasteiger partial charge < -0.3 is 9.47 Å². The molecule has 98 valence electrons. The molecule has 0 amide bonds. The number of carbonyl (C=O) groups excluding carboxylic acids is 2. The van der Waals surface area contributed by atoms with Crippen LogP contribution in [-0.2, 0) is 14.3 Å². The van der Waals surface area contributed by atoms with E-state index in [0.717, 1.165) is 0 Å². The Morgan fingerprint density at radius 1 is 1.32 bits per heavy atom. The van der Waals surface area contributed by atoms with E-state index < -0.39 is 11.9 Å². The average molecular weight is 261 g/mol. The summed E-state index contributed by atoms with van der Waals surface area (Å²) >= 11 is 0. The van der Waals surface area contributed by atoms with Crippen LogP contribution in [0.2, 0.25) is 0 Å². The number of nitrogens with zero attached hydrogens (tertiary/aromatic N) is 3. The predicted molar refractivity (Wildman–Crippen MR) is 66.9 cm³/mol. The maximum atomic E-state index is 11.3. The Balaban J connectivity index is 2.99. The number of hydrogen-bond acceptors (Lipinski definition) is 5. The molecule has 0 radical (unpaired) electrons. The third kappa shape index (κ3) is 4.53. The van der Waals surface area contributed by atoms with E-state index in [2.05, 4.69) is 14.8 Å². The summed E-state index contributed by atoms with van der Waals surface area (Å²) in [4.78, 5) is 24.6. The number of hydrogen-bond donors (Lipinski definition) is 0. The van der Waals surface area contributed by atoms with Gasteiger partial charge in [-0.25, -0.2) is 4.79 Å². The van der Waals surface area contributed by atoms with Crippen molar-refractivity contribution in [3.05, 3.63) is 46.0 Å². The monoisotopic (exact) mass is 261 g/mol. The lowest BCUT2D eigenvalue weighted by atomic mass is 10.2. The zero-order chi connectivity index (χ0) is 14.3. The smallest absolute Gasteiger partial charge is 0.340 e. The van der Waals surface area contributed by atoms with Crippen molar-refractivity contribution >= 4 is 18.0 Å². The molecule has 1 aromatic carbocycles. The van der Waals surface area contributed by atoms with E-state index in [1.165, 1.54) is 20.1 Å². The van der Waals surface area contributed by atoms with Crippen LogP contribution in [0.3, 0.4) is 0 Å². The second-order valence-electron chi connectivity index (χ2n) is 3.37. The maximum Gasteiger partial charge on any atom is 0.340 e. The van der Waals surface area contributed by atoms with Gasteiger partial charge in [0, 0.05) is 11.8 Å². The van der Waals surface area contributed by atoms with E-state index in [4.69, 9.17) is 10.3 Å². The first-order chi connectivity index (χ1) is 9.06. The second-order valence-corrected chi connectivity index (χ2v) is 3.37. The summed E-state index contributed by atoms with van der Waals surface area (Å²) < 4.78 is 9.33. The summed E-state index contributed by atoms with van der Waals surface area (Å²) in [6.07, 6.45) is 1.36. The molecule has 1 rings (SSSR count). The third-order valence-electron chi connectivity index (χ3n) is 1.99. The Morgan fingerprint density at radius 3 is 2.42 bits per heavy atom. The van der Waals surface area contributed by atoms with Gasteiger partial charge in [0.25, 0.3) is 0 Å². The molecule has 1 aromatic rings. The molecule has 0 aliphatic rings. The molecule has 0 heterocycles. The van der Waals surface area contributed by atoms with Gasteiger partial charge in [0.2, 0.25) is 0 Å². The fraction of sp³-hybridized carbons (Fsp3) is 0.167. The molecule has 0 unspecified atom stereocenters. The van der Waals surface area contributed by atoms with Crippen molar-refractivity contribution in [3.63, 3.8) is 0 Å². The van der Waals surface area contributed by atoms with Gasteiger partial charge in [-0.15, -0.1) is 0 Å². The van der Waals surface area contributed by atoms with Crippen LogP contribution in [0.15, 0.2) is 35.1 Å². The number of methoxy groups -OCH3 is 1. The highest BCUT2D eigenvalue weighted by molar-refractivity contribution is 5.93. The highest BCUT2D eigenvalue weighted by atomic mass is 16.5. The normalized spacial score (nSPS) is 10.3. The van der Waals surface area contributed by atoms with E-state index in [0.29, 0.717) is 11.3 Å². The Morgan fingerprint density at radius 2 is 1.95 bits per heavy atom. The van der Waals surface area contributed by atoms with Crippen LogP contribution in [0.4, 0.5) is 0 Å². The first-order valence-electron chi connectivity index (χ1n) is 5.20. The molecule has 7 nitrogen and oxygen atoms in total. The summed E-state index contributed by atoms with van der Waals surface area (Å²) in [5.74, 6) is -0.775. The SMILES string of the molecule is COC(=O)/C(=C/c1ccc(OC(C)=O)cc1)N=[N+]=[N-]. The maximum absolute atomic E-state index is 11.3. The average Bonchev–Trinajstić information content (AvgIpc) is 2.39. The van der Waals surface area contributed by atoms with Crippen molar-refractivity contribution in [2.24, 2.45) is 5.11 Å². The molecule has 0 spiro atoms. The quantitative estimate of drug-likeness (QED) is 0.207. The molecule has 0 saturated heterocycles. The highest BCUT2D eigenvalue weighted by Gasteiger charge is 2.07. The number of azide groups is 1. The van der Waals surface area contributed by atoms with Crippen LogP contribution in [-0.4, -0.2) is 19.0 Å². The molecule has 0 aromatic heterocycles. The summed E-state index contributed by atoms with van der Waals surface area (Å²) in [5.41, 5.74) is 8.79. The zero-order valence-corrected chi connectivity index (χ0v) is 10.4. The lowest BCUT2D eigenvalue weighted by Crippen LogP contribution is -2.02. The van der Waals surface area contributed by atoms with Crippen molar-refractivity contribution in [3.8, 4) is 5.75 Å². The van der Waals surface area contributed by atoms with E-state index >= 15 is 0 Å². The summed E-state index contributed by atoms with van der Waals surface area (Å²) in [6, 6.07) is 6.32. The van der Waals surface area contributed by atoms with Gasteiger partial charge in [0.05, 0.1) is 7.11 Å². The van der Waals surface area contributed by atoms with Gasteiger partial charge in [-0.3, -0.25) is 4.79 Å². The van der Waals surface area contributed by atoms with Crippen LogP contribution in [0.5, 0.6) is 5.75 Å². The lowest BCUT2D eigenvalue weighted by molar-refractivity contribution is -0.136. The minimum absolute atomic E-state index is 0.162. The number of rotatable bonds is 4. The molecule has 19 heavy (non-hydrogen) atoms. The molecule has 7 heteroatoms. The Bertz CT molecular complexity index is 557. The zero-order valence-electron chi connectivity index (χ0n) is 10.4. The summed E-state index contributed by atoms with van der Waals surface area (Å²) in [5, 5.41) is 3.24. The van der Waals surface area contributed by atoms with Gasteiger partial charge >= 0.3 is 11.9 Å². The minimum atomic E-state index is -0.734. The molecule has 0 fully saturated rings. The minimum Gasteiger partial charge on any atom is -0.466 e. The van der Waals surface area contributed by atoms with Crippen molar-refractivity contribution < 1.29 is 19.1 Å². The van der Waals surface area contributed by atoms with Gasteiger partial charge in [-0.05, 0) is 29.3 Å². The van der Waals surface area contributed by atoms with Gasteiger partial charge in [-0.2, -0.15) is 0 Å². The van der Waals surface area contributed by atoms with Gasteiger partial charge in [0.1, 0.15) is 11.4 Å². The molecule has 0 aliphatic heterocycles. The molecular weight excluding hydrogens is 250 g/mol. The Labute approximate surface area is 109 Å². The predicted octanol–water partition coefficient (Wildman–Crippen LogP) is 2.44.